The molecule has 1 aromatic carbocycles. The van der Waals surface area contributed by atoms with Gasteiger partial charge in [0.25, 0.3) is 0 Å². The molecule has 2 amide bonds. The van der Waals surface area contributed by atoms with Crippen LogP contribution in [0, 0.1) is 0 Å². The van der Waals surface area contributed by atoms with E-state index in [0.29, 0.717) is 12.3 Å². The van der Waals surface area contributed by atoms with Gasteiger partial charge in [0.1, 0.15) is 12.2 Å². The van der Waals surface area contributed by atoms with E-state index in [4.69, 9.17) is 9.47 Å². The largest absolute Gasteiger partial charge is 0.394 e. The predicted octanol–water partition coefficient (Wildman–Crippen LogP) is 0.408. The Hall–Kier alpha value is -1.71. The fourth-order valence-electron chi connectivity index (χ4n) is 4.07. The maximum Gasteiger partial charge on any atom is 0.319 e. The summed E-state index contributed by atoms with van der Waals surface area (Å²) < 4.78 is 11.2. The number of para-hydroxylation sites is 1. The zero-order chi connectivity index (χ0) is 19.2. The van der Waals surface area contributed by atoms with E-state index in [0.717, 1.165) is 19.4 Å². The Morgan fingerprint density at radius 3 is 2.81 bits per heavy atom. The van der Waals surface area contributed by atoms with Gasteiger partial charge in [0.15, 0.2) is 0 Å². The summed E-state index contributed by atoms with van der Waals surface area (Å²) in [5, 5.41) is 25.8. The number of carbonyl (C=O) groups is 1. The van der Waals surface area contributed by atoms with Crippen LogP contribution in [-0.2, 0) is 9.47 Å². The van der Waals surface area contributed by atoms with Crippen molar-refractivity contribution in [2.24, 2.45) is 0 Å². The number of carbonyl (C=O) groups excluding carboxylic acids is 1. The fourth-order valence-corrected chi connectivity index (χ4v) is 4.07. The fraction of sp³-hybridized carbons (Fsp3) is 0.632. The van der Waals surface area contributed by atoms with E-state index in [9.17, 15) is 15.0 Å². The van der Waals surface area contributed by atoms with E-state index in [1.165, 1.54) is 0 Å². The molecule has 1 aromatic rings. The molecule has 8 nitrogen and oxygen atoms in total. The number of hydrogen-bond donors (Lipinski definition) is 4. The van der Waals surface area contributed by atoms with Gasteiger partial charge in [0.2, 0.25) is 0 Å². The molecule has 0 spiro atoms. The van der Waals surface area contributed by atoms with Crippen molar-refractivity contribution >= 4 is 11.7 Å². The molecule has 0 unspecified atom stereocenters. The predicted molar refractivity (Wildman–Crippen MR) is 101 cm³/mol. The molecule has 0 aromatic heterocycles. The Labute approximate surface area is 159 Å². The minimum Gasteiger partial charge on any atom is -0.394 e. The van der Waals surface area contributed by atoms with Crippen molar-refractivity contribution in [1.29, 1.82) is 0 Å². The average Bonchev–Trinajstić information content (AvgIpc) is 3.24. The summed E-state index contributed by atoms with van der Waals surface area (Å²) in [5.74, 6) is 0. The second kappa shape index (κ2) is 9.48. The van der Waals surface area contributed by atoms with Gasteiger partial charge in [-0.3, -0.25) is 4.90 Å². The van der Waals surface area contributed by atoms with Crippen molar-refractivity contribution < 1.29 is 24.5 Å². The van der Waals surface area contributed by atoms with Crippen molar-refractivity contribution in [3.63, 3.8) is 0 Å². The summed E-state index contributed by atoms with van der Waals surface area (Å²) in [6.07, 6.45) is 0.154. The maximum absolute atomic E-state index is 12.2. The van der Waals surface area contributed by atoms with Crippen LogP contribution < -0.4 is 10.6 Å². The molecule has 2 aliphatic heterocycles. The first kappa shape index (κ1) is 20.0. The molecule has 2 fully saturated rings. The third-order valence-electron chi connectivity index (χ3n) is 5.30. The number of benzene rings is 1. The zero-order valence-electron chi connectivity index (χ0n) is 15.6. The van der Waals surface area contributed by atoms with Crippen LogP contribution in [0.2, 0.25) is 0 Å². The van der Waals surface area contributed by atoms with E-state index in [2.05, 4.69) is 15.5 Å². The van der Waals surface area contributed by atoms with Gasteiger partial charge in [-0.2, -0.15) is 0 Å². The Kier molecular flexibility index (Phi) is 7.03. The van der Waals surface area contributed by atoms with Gasteiger partial charge in [-0.1, -0.05) is 18.2 Å². The number of likely N-dealkylation sites (tertiary alicyclic amines) is 1. The summed E-state index contributed by atoms with van der Waals surface area (Å²) in [5.41, 5.74) is 0.701. The van der Waals surface area contributed by atoms with Gasteiger partial charge in [0, 0.05) is 25.4 Å². The first-order valence-corrected chi connectivity index (χ1v) is 9.43. The van der Waals surface area contributed by atoms with E-state index in [1.807, 2.05) is 18.2 Å². The highest BCUT2D eigenvalue weighted by Gasteiger charge is 2.48. The van der Waals surface area contributed by atoms with Gasteiger partial charge < -0.3 is 30.3 Å². The summed E-state index contributed by atoms with van der Waals surface area (Å²) in [6.45, 7) is 1.41. The summed E-state index contributed by atoms with van der Waals surface area (Å²) in [7, 11) is 1.67. The minimum atomic E-state index is -0.809. The van der Waals surface area contributed by atoms with Crippen molar-refractivity contribution in [2.45, 2.75) is 43.2 Å². The molecule has 0 aliphatic carbocycles. The van der Waals surface area contributed by atoms with Gasteiger partial charge in [0.05, 0.1) is 25.4 Å². The monoisotopic (exact) mass is 379 g/mol. The lowest BCUT2D eigenvalue weighted by Crippen LogP contribution is -2.53. The quantitative estimate of drug-likeness (QED) is 0.547. The Morgan fingerprint density at radius 1 is 1.33 bits per heavy atom. The molecule has 150 valence electrons. The SMILES string of the molecule is COC[C@@H]1CCCN1[C@H]1[C@H](O)[C@H](CO)O[C@@H]1CNC(=O)Nc1ccccc1. The van der Waals surface area contributed by atoms with Crippen LogP contribution in [-0.4, -0.2) is 85.0 Å². The third-order valence-corrected chi connectivity index (χ3v) is 5.30. The average molecular weight is 379 g/mol. The van der Waals surface area contributed by atoms with Gasteiger partial charge in [-0.05, 0) is 31.5 Å². The number of urea groups is 1. The summed E-state index contributed by atoms with van der Waals surface area (Å²) in [6, 6.07) is 8.76. The number of amides is 2. The first-order chi connectivity index (χ1) is 13.1. The second-order valence-electron chi connectivity index (χ2n) is 7.07. The third kappa shape index (κ3) is 4.77. The number of hydrogen-bond acceptors (Lipinski definition) is 6. The molecule has 0 bridgehead atoms. The van der Waals surface area contributed by atoms with Crippen LogP contribution in [0.5, 0.6) is 0 Å². The van der Waals surface area contributed by atoms with Gasteiger partial charge >= 0.3 is 6.03 Å². The lowest BCUT2D eigenvalue weighted by Gasteiger charge is -2.34. The molecule has 2 saturated heterocycles. The lowest BCUT2D eigenvalue weighted by molar-refractivity contribution is -0.0205. The standard InChI is InChI=1S/C19H29N3O5/c1-26-12-14-8-5-9-22(14)17-15(27-16(11-23)18(17)24)10-20-19(25)21-13-6-3-2-4-7-13/h2-4,6-7,14-18,23-24H,5,8-12H2,1H3,(H2,20,21,25)/t14-,15+,16-,17+,18+/m0/s1. The lowest BCUT2D eigenvalue weighted by atomic mass is 10.0. The van der Waals surface area contributed by atoms with Crippen LogP contribution in [0.15, 0.2) is 30.3 Å². The number of aliphatic hydroxyl groups is 2. The normalized spacial score (nSPS) is 31.1. The summed E-state index contributed by atoms with van der Waals surface area (Å²) in [4.78, 5) is 14.4. The smallest absolute Gasteiger partial charge is 0.319 e. The molecule has 0 saturated carbocycles. The number of anilines is 1. The second-order valence-corrected chi connectivity index (χ2v) is 7.07. The van der Waals surface area contributed by atoms with Crippen molar-refractivity contribution in [3.8, 4) is 0 Å². The topological polar surface area (TPSA) is 103 Å². The number of methoxy groups -OCH3 is 1. The molecule has 4 N–H and O–H groups in total. The molecule has 3 rings (SSSR count). The number of rotatable bonds is 7. The van der Waals surface area contributed by atoms with Crippen LogP contribution >= 0.6 is 0 Å². The van der Waals surface area contributed by atoms with E-state index in [-0.39, 0.29) is 31.3 Å². The number of ether oxygens (including phenoxy) is 2. The Balaban J connectivity index is 1.62. The number of aliphatic hydroxyl groups excluding tert-OH is 2. The van der Waals surface area contributed by atoms with Crippen molar-refractivity contribution in [2.75, 3.05) is 38.7 Å². The number of nitrogens with one attached hydrogen (secondary N) is 2. The van der Waals surface area contributed by atoms with Gasteiger partial charge in [-0.15, -0.1) is 0 Å². The molecule has 0 radical (unpaired) electrons. The van der Waals surface area contributed by atoms with Gasteiger partial charge in [-0.25, -0.2) is 4.79 Å². The Bertz CT molecular complexity index is 602. The van der Waals surface area contributed by atoms with E-state index < -0.39 is 18.3 Å². The van der Waals surface area contributed by atoms with Crippen LogP contribution in [0.4, 0.5) is 10.5 Å². The molecule has 2 heterocycles. The first-order valence-electron chi connectivity index (χ1n) is 9.43. The van der Waals surface area contributed by atoms with Crippen LogP contribution in [0.3, 0.4) is 0 Å². The van der Waals surface area contributed by atoms with Crippen LogP contribution in [0.1, 0.15) is 12.8 Å². The van der Waals surface area contributed by atoms with Crippen molar-refractivity contribution in [1.82, 2.24) is 10.2 Å². The van der Waals surface area contributed by atoms with E-state index in [1.54, 1.807) is 19.2 Å². The van der Waals surface area contributed by atoms with Crippen molar-refractivity contribution in [3.05, 3.63) is 30.3 Å². The molecule has 2 aliphatic rings. The molecule has 27 heavy (non-hydrogen) atoms. The zero-order valence-corrected chi connectivity index (χ0v) is 15.6. The molecular weight excluding hydrogens is 350 g/mol. The van der Waals surface area contributed by atoms with E-state index >= 15 is 0 Å². The molecular formula is C19H29N3O5. The highest BCUT2D eigenvalue weighted by Crippen LogP contribution is 2.31. The highest BCUT2D eigenvalue weighted by atomic mass is 16.5. The summed E-state index contributed by atoms with van der Waals surface area (Å²) >= 11 is 0. The number of nitrogens with zero attached hydrogens (tertiary/aromatic N) is 1. The highest BCUT2D eigenvalue weighted by molar-refractivity contribution is 5.89. The van der Waals surface area contributed by atoms with Crippen LogP contribution in [0.25, 0.3) is 0 Å². The Morgan fingerprint density at radius 2 is 2.11 bits per heavy atom. The maximum atomic E-state index is 12.2. The minimum absolute atomic E-state index is 0.205. The molecule has 8 heteroatoms. The molecule has 5 atom stereocenters.